The second kappa shape index (κ2) is 9.21. The summed E-state index contributed by atoms with van der Waals surface area (Å²) in [5.41, 5.74) is 1.20. The zero-order valence-electron chi connectivity index (χ0n) is 9.63. The molecule has 1 aromatic rings. The lowest BCUT2D eigenvalue weighted by atomic mass is 10.0. The van der Waals surface area contributed by atoms with E-state index in [9.17, 15) is 0 Å². The molecule has 5 heteroatoms. The number of hydrogen-bond donors (Lipinski definition) is 3. The highest BCUT2D eigenvalue weighted by Gasteiger charge is 2.00. The lowest BCUT2D eigenvalue weighted by Gasteiger charge is -2.07. The summed E-state index contributed by atoms with van der Waals surface area (Å²) >= 11 is 0. The third-order valence-corrected chi connectivity index (χ3v) is 1.81. The van der Waals surface area contributed by atoms with Crippen LogP contribution < -0.4 is 4.65 Å². The minimum atomic E-state index is -0.125. The number of aliphatic hydroxyl groups excluding tert-OH is 2. The largest absolute Gasteiger partial charge is 0.569 e. The van der Waals surface area contributed by atoms with Crippen LogP contribution in [0.1, 0.15) is 25.3 Å². The molecule has 1 rings (SSSR count). The van der Waals surface area contributed by atoms with Crippen LogP contribution in [-0.4, -0.2) is 36.1 Å². The van der Waals surface area contributed by atoms with Gasteiger partial charge in [0.05, 0.1) is 13.2 Å². The van der Waals surface area contributed by atoms with Gasteiger partial charge in [-0.15, -0.1) is 0 Å². The van der Waals surface area contributed by atoms with Crippen LogP contribution in [0.4, 0.5) is 0 Å². The Hall–Kier alpha value is -1.04. The Morgan fingerprint density at radius 3 is 2.31 bits per heavy atom. The third-order valence-electron chi connectivity index (χ3n) is 1.81. The molecule has 89 valence electrons. The van der Waals surface area contributed by atoms with E-state index in [-0.39, 0.29) is 13.2 Å². The van der Waals surface area contributed by atoms with Crippen LogP contribution in [0.3, 0.4) is 0 Å². The first-order chi connectivity index (χ1) is 7.65. The molecule has 1 aromatic carbocycles. The van der Waals surface area contributed by atoms with E-state index in [0.717, 1.165) is 0 Å². The molecule has 0 saturated heterocycles. The molecular formula is C11H18BO4. The van der Waals surface area contributed by atoms with E-state index >= 15 is 0 Å². The van der Waals surface area contributed by atoms with Crippen LogP contribution in [0, 0.1) is 0 Å². The monoisotopic (exact) mass is 225 g/mol. The molecule has 0 aliphatic carbocycles. The Balaban J connectivity index is 0.000000487. The first-order valence-electron chi connectivity index (χ1n) is 5.10. The van der Waals surface area contributed by atoms with Gasteiger partial charge in [0.2, 0.25) is 0 Å². The van der Waals surface area contributed by atoms with E-state index in [4.69, 9.17) is 19.9 Å². The molecule has 0 aromatic heterocycles. The summed E-state index contributed by atoms with van der Waals surface area (Å²) in [5.74, 6) is 1.15. The Labute approximate surface area is 96.8 Å². The molecule has 1 radical (unpaired) electrons. The molecule has 0 unspecified atom stereocenters. The van der Waals surface area contributed by atoms with Crippen molar-refractivity contribution in [2.45, 2.75) is 19.8 Å². The van der Waals surface area contributed by atoms with Gasteiger partial charge in [0.15, 0.2) is 0 Å². The predicted octanol–water partition coefficient (Wildman–Crippen LogP) is 0.686. The molecule has 0 spiro atoms. The average Bonchev–Trinajstić information content (AvgIpc) is 2.30. The van der Waals surface area contributed by atoms with E-state index in [0.29, 0.717) is 19.4 Å². The number of benzene rings is 1. The highest BCUT2D eigenvalue weighted by molar-refractivity contribution is 6.17. The molecule has 0 amide bonds. The number of rotatable bonds is 4. The van der Waals surface area contributed by atoms with Crippen LogP contribution in [0.15, 0.2) is 24.3 Å². The van der Waals surface area contributed by atoms with Gasteiger partial charge in [-0.25, -0.2) is 0 Å². The van der Waals surface area contributed by atoms with Crippen molar-refractivity contribution in [3.8, 4) is 5.75 Å². The van der Waals surface area contributed by atoms with Gasteiger partial charge in [-0.2, -0.15) is 0 Å². The molecular weight excluding hydrogens is 207 g/mol. The maximum Gasteiger partial charge on any atom is 0.569 e. The summed E-state index contributed by atoms with van der Waals surface area (Å²) in [5, 5.41) is 23.7. The topological polar surface area (TPSA) is 69.9 Å². The second-order valence-electron chi connectivity index (χ2n) is 3.40. The Bertz CT molecular complexity index is 276. The van der Waals surface area contributed by atoms with Gasteiger partial charge in [-0.3, -0.25) is 0 Å². The zero-order chi connectivity index (χ0) is 12.4. The first kappa shape index (κ1) is 15.0. The number of hydrogen-bond acceptors (Lipinski definition) is 4. The van der Waals surface area contributed by atoms with Crippen LogP contribution in [0.2, 0.25) is 0 Å². The lowest BCUT2D eigenvalue weighted by molar-refractivity contribution is 0.186. The number of aliphatic hydroxyl groups is 2. The Morgan fingerprint density at radius 1 is 1.25 bits per heavy atom. The maximum absolute atomic E-state index is 8.40. The van der Waals surface area contributed by atoms with Crippen molar-refractivity contribution in [1.82, 2.24) is 0 Å². The van der Waals surface area contributed by atoms with Crippen LogP contribution >= 0.6 is 0 Å². The fourth-order valence-electron chi connectivity index (χ4n) is 1.01. The smallest absolute Gasteiger partial charge is 0.537 e. The summed E-state index contributed by atoms with van der Waals surface area (Å²) in [4.78, 5) is 0. The molecule has 0 bridgehead atoms. The van der Waals surface area contributed by atoms with Crippen molar-refractivity contribution in [1.29, 1.82) is 0 Å². The second-order valence-corrected chi connectivity index (χ2v) is 3.40. The summed E-state index contributed by atoms with van der Waals surface area (Å²) in [6, 6.07) is 7.67. The predicted molar refractivity (Wildman–Crippen MR) is 63.3 cm³/mol. The Kier molecular flexibility index (Phi) is 8.61. The van der Waals surface area contributed by atoms with Crippen molar-refractivity contribution < 1.29 is 19.9 Å². The summed E-state index contributed by atoms with van der Waals surface area (Å²) < 4.78 is 4.83. The van der Waals surface area contributed by atoms with E-state index < -0.39 is 0 Å². The van der Waals surface area contributed by atoms with E-state index in [1.54, 1.807) is 6.07 Å². The minimum absolute atomic E-state index is 0.125. The first-order valence-corrected chi connectivity index (χ1v) is 5.10. The van der Waals surface area contributed by atoms with Crippen molar-refractivity contribution >= 4 is 7.69 Å². The van der Waals surface area contributed by atoms with Crippen molar-refractivity contribution in [2.24, 2.45) is 0 Å². The van der Waals surface area contributed by atoms with E-state index in [1.165, 1.54) is 5.56 Å². The summed E-state index contributed by atoms with van der Waals surface area (Å²) in [7, 11) is 0.694. The molecule has 0 heterocycles. The van der Waals surface area contributed by atoms with Crippen LogP contribution in [0.25, 0.3) is 0 Å². The molecule has 0 saturated carbocycles. The molecule has 0 fully saturated rings. The van der Waals surface area contributed by atoms with Crippen molar-refractivity contribution in [3.05, 3.63) is 29.8 Å². The van der Waals surface area contributed by atoms with Gasteiger partial charge in [0.1, 0.15) is 5.75 Å². The normalized spacial score (nSPS) is 9.38. The van der Waals surface area contributed by atoms with Gasteiger partial charge in [0, 0.05) is 0 Å². The van der Waals surface area contributed by atoms with Gasteiger partial charge in [-0.05, 0) is 23.6 Å². The fraction of sp³-hybridized carbons (Fsp3) is 0.455. The van der Waals surface area contributed by atoms with Crippen LogP contribution in [0.5, 0.6) is 5.75 Å². The molecule has 0 atom stereocenters. The quantitative estimate of drug-likeness (QED) is 0.659. The SMILES string of the molecule is CC(C)c1cccc(O[B]O)c1.OCCO. The van der Waals surface area contributed by atoms with Gasteiger partial charge >= 0.3 is 7.69 Å². The Morgan fingerprint density at radius 2 is 1.88 bits per heavy atom. The highest BCUT2D eigenvalue weighted by Crippen LogP contribution is 2.19. The summed E-state index contributed by atoms with van der Waals surface area (Å²) in [6.45, 7) is 3.98. The van der Waals surface area contributed by atoms with Gasteiger partial charge in [-0.1, -0.05) is 26.0 Å². The molecule has 16 heavy (non-hydrogen) atoms. The standard InChI is InChI=1S/C9H12BO2.C2H6O2/c1-7(2)8-4-3-5-9(6-8)12-10-11;3-1-2-4/h3-7,11H,1-2H3;3-4H,1-2H2. The lowest BCUT2D eigenvalue weighted by Crippen LogP contribution is -2.00. The van der Waals surface area contributed by atoms with Crippen molar-refractivity contribution in [3.63, 3.8) is 0 Å². The van der Waals surface area contributed by atoms with E-state index in [1.807, 2.05) is 18.2 Å². The molecule has 3 N–H and O–H groups in total. The average molecular weight is 225 g/mol. The summed E-state index contributed by atoms with van der Waals surface area (Å²) in [6.07, 6.45) is 0. The van der Waals surface area contributed by atoms with E-state index in [2.05, 4.69) is 13.8 Å². The minimum Gasteiger partial charge on any atom is -0.537 e. The third kappa shape index (κ3) is 6.45. The molecule has 0 aliphatic rings. The van der Waals surface area contributed by atoms with Crippen LogP contribution in [-0.2, 0) is 0 Å². The highest BCUT2D eigenvalue weighted by atomic mass is 16.5. The molecule has 4 nitrogen and oxygen atoms in total. The van der Waals surface area contributed by atoms with Gasteiger partial charge in [0.25, 0.3) is 0 Å². The fourth-order valence-corrected chi connectivity index (χ4v) is 1.01. The van der Waals surface area contributed by atoms with Gasteiger partial charge < -0.3 is 19.9 Å². The van der Waals surface area contributed by atoms with Crippen molar-refractivity contribution in [2.75, 3.05) is 13.2 Å². The zero-order valence-corrected chi connectivity index (χ0v) is 9.63. The maximum atomic E-state index is 8.40. The molecule has 0 aliphatic heterocycles.